The molecule has 0 spiro atoms. The third-order valence-corrected chi connectivity index (χ3v) is 4.94. The molecule has 0 saturated carbocycles. The first-order valence-electron chi connectivity index (χ1n) is 6.89. The van der Waals surface area contributed by atoms with Gasteiger partial charge in [0.05, 0.1) is 5.02 Å². The molecule has 3 rings (SSSR count). The largest absolute Gasteiger partial charge is 0.337 e. The number of carbonyl (C=O) groups is 1. The van der Waals surface area contributed by atoms with Crippen molar-refractivity contribution >= 4 is 41.3 Å². The van der Waals surface area contributed by atoms with E-state index >= 15 is 0 Å². The summed E-state index contributed by atoms with van der Waals surface area (Å²) in [6.45, 7) is 2.12. The Kier molecular flexibility index (Phi) is 5.81. The van der Waals surface area contributed by atoms with Gasteiger partial charge in [0.1, 0.15) is 10.7 Å². The van der Waals surface area contributed by atoms with Crippen molar-refractivity contribution in [1.82, 2.24) is 9.88 Å². The van der Waals surface area contributed by atoms with E-state index in [0.717, 1.165) is 30.1 Å². The zero-order chi connectivity index (χ0) is 14.8. The van der Waals surface area contributed by atoms with E-state index in [1.165, 1.54) is 11.3 Å². The maximum Gasteiger partial charge on any atom is 0.273 e. The van der Waals surface area contributed by atoms with Gasteiger partial charge in [-0.2, -0.15) is 0 Å². The second-order valence-corrected chi connectivity index (χ2v) is 6.42. The van der Waals surface area contributed by atoms with Crippen LogP contribution in [0.3, 0.4) is 0 Å². The maximum absolute atomic E-state index is 12.4. The topological polar surface area (TPSA) is 59.2 Å². The number of likely N-dealkylation sites (tertiary alicyclic amines) is 1. The SMILES string of the molecule is Cl.NCC1CCN(C(=O)c2csc(-c3ccccc3Cl)n2)C1. The van der Waals surface area contributed by atoms with Crippen molar-refractivity contribution in [3.05, 3.63) is 40.4 Å². The summed E-state index contributed by atoms with van der Waals surface area (Å²) in [6, 6.07) is 7.53. The summed E-state index contributed by atoms with van der Waals surface area (Å²) in [4.78, 5) is 18.7. The normalized spacial score (nSPS) is 17.4. The van der Waals surface area contributed by atoms with Crippen molar-refractivity contribution in [2.24, 2.45) is 11.7 Å². The monoisotopic (exact) mass is 357 g/mol. The molecule has 1 aliphatic rings. The lowest BCUT2D eigenvalue weighted by Gasteiger charge is -2.14. The highest BCUT2D eigenvalue weighted by Gasteiger charge is 2.27. The van der Waals surface area contributed by atoms with Crippen LogP contribution in [-0.2, 0) is 0 Å². The molecule has 7 heteroatoms. The Morgan fingerprint density at radius 2 is 2.23 bits per heavy atom. The van der Waals surface area contributed by atoms with Gasteiger partial charge < -0.3 is 10.6 Å². The summed E-state index contributed by atoms with van der Waals surface area (Å²) in [5, 5.41) is 3.23. The van der Waals surface area contributed by atoms with Crippen LogP contribution < -0.4 is 5.73 Å². The average Bonchev–Trinajstić information content (AvgIpc) is 3.16. The predicted molar refractivity (Wildman–Crippen MR) is 92.9 cm³/mol. The van der Waals surface area contributed by atoms with Gasteiger partial charge in [0.2, 0.25) is 0 Å². The Bertz CT molecular complexity index is 662. The lowest BCUT2D eigenvalue weighted by atomic mass is 10.1. The molecule has 0 bridgehead atoms. The molecule has 1 aromatic carbocycles. The van der Waals surface area contributed by atoms with Crippen molar-refractivity contribution in [3.8, 4) is 10.6 Å². The fraction of sp³-hybridized carbons (Fsp3) is 0.333. The number of nitrogens with zero attached hydrogens (tertiary/aromatic N) is 2. The minimum atomic E-state index is -0.0134. The van der Waals surface area contributed by atoms with Crippen molar-refractivity contribution < 1.29 is 4.79 Å². The quantitative estimate of drug-likeness (QED) is 0.916. The number of nitrogens with two attached hydrogens (primary N) is 1. The highest BCUT2D eigenvalue weighted by atomic mass is 35.5. The van der Waals surface area contributed by atoms with Gasteiger partial charge in [0.15, 0.2) is 0 Å². The predicted octanol–water partition coefficient (Wildman–Crippen LogP) is 3.31. The molecule has 1 amide bonds. The molecule has 1 saturated heterocycles. The molecule has 2 heterocycles. The van der Waals surface area contributed by atoms with E-state index in [-0.39, 0.29) is 18.3 Å². The Balaban J connectivity index is 0.00000176. The number of amides is 1. The molecule has 1 unspecified atom stereocenters. The number of hydrogen-bond acceptors (Lipinski definition) is 4. The highest BCUT2D eigenvalue weighted by molar-refractivity contribution is 7.13. The summed E-state index contributed by atoms with van der Waals surface area (Å²) in [5.41, 5.74) is 7.02. The Hall–Kier alpha value is -1.14. The van der Waals surface area contributed by atoms with Crippen LogP contribution in [0.1, 0.15) is 16.9 Å². The molecule has 2 N–H and O–H groups in total. The van der Waals surface area contributed by atoms with Crippen LogP contribution in [0.4, 0.5) is 0 Å². The van der Waals surface area contributed by atoms with Crippen molar-refractivity contribution in [3.63, 3.8) is 0 Å². The molecule has 2 aromatic rings. The van der Waals surface area contributed by atoms with Crippen LogP contribution in [-0.4, -0.2) is 35.4 Å². The van der Waals surface area contributed by atoms with Crippen molar-refractivity contribution in [2.45, 2.75) is 6.42 Å². The molecular formula is C15H17Cl2N3OS. The van der Waals surface area contributed by atoms with Gasteiger partial charge in [-0.15, -0.1) is 23.7 Å². The fourth-order valence-electron chi connectivity index (χ4n) is 2.50. The third-order valence-electron chi connectivity index (χ3n) is 3.73. The Morgan fingerprint density at radius 3 is 2.91 bits per heavy atom. The van der Waals surface area contributed by atoms with Gasteiger partial charge in [-0.1, -0.05) is 29.8 Å². The fourth-order valence-corrected chi connectivity index (χ4v) is 3.62. The minimum absolute atomic E-state index is 0. The van der Waals surface area contributed by atoms with Gasteiger partial charge in [0, 0.05) is 24.0 Å². The van der Waals surface area contributed by atoms with Gasteiger partial charge in [-0.3, -0.25) is 4.79 Å². The second kappa shape index (κ2) is 7.42. The smallest absolute Gasteiger partial charge is 0.273 e. The van der Waals surface area contributed by atoms with E-state index in [1.807, 2.05) is 29.2 Å². The van der Waals surface area contributed by atoms with E-state index in [2.05, 4.69) is 4.98 Å². The molecule has 0 aliphatic carbocycles. The molecule has 1 aliphatic heterocycles. The van der Waals surface area contributed by atoms with E-state index in [0.29, 0.717) is 23.2 Å². The van der Waals surface area contributed by atoms with Crippen LogP contribution in [0, 0.1) is 5.92 Å². The lowest BCUT2D eigenvalue weighted by Crippen LogP contribution is -2.30. The molecule has 1 atom stereocenters. The van der Waals surface area contributed by atoms with E-state index in [1.54, 1.807) is 5.38 Å². The molecule has 1 aromatic heterocycles. The number of rotatable bonds is 3. The van der Waals surface area contributed by atoms with Gasteiger partial charge >= 0.3 is 0 Å². The number of thiazole rings is 1. The van der Waals surface area contributed by atoms with Crippen molar-refractivity contribution in [2.75, 3.05) is 19.6 Å². The molecule has 118 valence electrons. The van der Waals surface area contributed by atoms with Crippen molar-refractivity contribution in [1.29, 1.82) is 0 Å². The molecular weight excluding hydrogens is 341 g/mol. The number of halogens is 2. The van der Waals surface area contributed by atoms with Gasteiger partial charge in [0.25, 0.3) is 5.91 Å². The molecule has 4 nitrogen and oxygen atoms in total. The summed E-state index contributed by atoms with van der Waals surface area (Å²) in [6.07, 6.45) is 0.976. The second-order valence-electron chi connectivity index (χ2n) is 5.16. The van der Waals surface area contributed by atoms with E-state index < -0.39 is 0 Å². The van der Waals surface area contributed by atoms with Gasteiger partial charge in [-0.05, 0) is 24.9 Å². The number of hydrogen-bond donors (Lipinski definition) is 1. The first-order chi connectivity index (χ1) is 10.2. The first kappa shape index (κ1) is 17.2. The number of benzene rings is 1. The Labute approximate surface area is 144 Å². The molecule has 0 radical (unpaired) electrons. The zero-order valence-electron chi connectivity index (χ0n) is 11.9. The average molecular weight is 358 g/mol. The van der Waals surface area contributed by atoms with E-state index in [4.69, 9.17) is 17.3 Å². The third kappa shape index (κ3) is 3.43. The van der Waals surface area contributed by atoms with Crippen LogP contribution >= 0.6 is 35.3 Å². The molecule has 22 heavy (non-hydrogen) atoms. The van der Waals surface area contributed by atoms with Crippen LogP contribution in [0.5, 0.6) is 0 Å². The highest BCUT2D eigenvalue weighted by Crippen LogP contribution is 2.30. The van der Waals surface area contributed by atoms with Crippen LogP contribution in [0.25, 0.3) is 10.6 Å². The minimum Gasteiger partial charge on any atom is -0.337 e. The standard InChI is InChI=1S/C15H16ClN3OS.ClH/c16-12-4-2-1-3-11(12)14-18-13(9-21-14)15(20)19-6-5-10(7-17)8-19;/h1-4,9-10H,5-8,17H2;1H. The first-order valence-corrected chi connectivity index (χ1v) is 8.14. The maximum atomic E-state index is 12.4. The summed E-state index contributed by atoms with van der Waals surface area (Å²) >= 11 is 7.61. The molecule has 1 fully saturated rings. The van der Waals surface area contributed by atoms with Crippen LogP contribution in [0.15, 0.2) is 29.6 Å². The van der Waals surface area contributed by atoms with Gasteiger partial charge in [-0.25, -0.2) is 4.98 Å². The number of aromatic nitrogens is 1. The Morgan fingerprint density at radius 1 is 1.45 bits per heavy atom. The van der Waals surface area contributed by atoms with E-state index in [9.17, 15) is 4.79 Å². The van der Waals surface area contributed by atoms with Crippen LogP contribution in [0.2, 0.25) is 5.02 Å². The zero-order valence-corrected chi connectivity index (χ0v) is 14.3. The number of carbonyl (C=O) groups excluding carboxylic acids is 1. The summed E-state index contributed by atoms with van der Waals surface area (Å²) in [7, 11) is 0. The lowest BCUT2D eigenvalue weighted by molar-refractivity contribution is 0.0783. The summed E-state index contributed by atoms with van der Waals surface area (Å²) < 4.78 is 0. The summed E-state index contributed by atoms with van der Waals surface area (Å²) in [5.74, 6) is 0.399.